The summed E-state index contributed by atoms with van der Waals surface area (Å²) in [6, 6.07) is 63.9. The highest BCUT2D eigenvalue weighted by atomic mass is 16.3. The Balaban J connectivity index is 1.13. The molecule has 0 N–H and O–H groups in total. The summed E-state index contributed by atoms with van der Waals surface area (Å²) >= 11 is 0. The fourth-order valence-corrected chi connectivity index (χ4v) is 15.0. The van der Waals surface area contributed by atoms with Gasteiger partial charge in [0.25, 0.3) is 0 Å². The molecule has 14 rings (SSSR count). The van der Waals surface area contributed by atoms with E-state index in [-0.39, 0.29) is 39.3 Å². The van der Waals surface area contributed by atoms with Crippen LogP contribution in [0, 0.1) is 6.92 Å². The number of hydrogen-bond donors (Lipinski definition) is 0. The van der Waals surface area contributed by atoms with Crippen LogP contribution in [0.3, 0.4) is 0 Å². The number of furan rings is 1. The molecular formula is C77H80BN3O. The van der Waals surface area contributed by atoms with E-state index in [1.807, 2.05) is 0 Å². The van der Waals surface area contributed by atoms with Crippen LogP contribution in [0.1, 0.15) is 162 Å². The number of anilines is 8. The molecule has 0 saturated heterocycles. The summed E-state index contributed by atoms with van der Waals surface area (Å²) in [5.74, 6) is 0. The topological polar surface area (TPSA) is 22.9 Å². The first-order chi connectivity index (χ1) is 38.8. The molecule has 4 nitrogen and oxygen atoms in total. The van der Waals surface area contributed by atoms with Gasteiger partial charge in [-0.3, -0.25) is 0 Å². The molecule has 0 amide bonds. The summed E-state index contributed by atoms with van der Waals surface area (Å²) in [6.07, 6.45) is 4.60. The number of benzene rings is 9. The van der Waals surface area contributed by atoms with Crippen molar-refractivity contribution >= 4 is 96.0 Å². The van der Waals surface area contributed by atoms with Crippen molar-refractivity contribution in [3.05, 3.63) is 203 Å². The first kappa shape index (κ1) is 52.6. The molecule has 0 unspecified atom stereocenters. The van der Waals surface area contributed by atoms with Gasteiger partial charge in [0.1, 0.15) is 11.2 Å². The minimum Gasteiger partial charge on any atom is -0.456 e. The largest absolute Gasteiger partial charge is 0.456 e. The number of fused-ring (bicyclic) bond motifs is 11. The van der Waals surface area contributed by atoms with Crippen molar-refractivity contribution in [1.82, 2.24) is 0 Å². The molecule has 0 radical (unpaired) electrons. The summed E-state index contributed by atoms with van der Waals surface area (Å²) in [7, 11) is 0. The molecule has 3 heterocycles. The molecule has 9 aromatic carbocycles. The van der Waals surface area contributed by atoms with E-state index >= 15 is 0 Å². The number of nitrogens with zero attached hydrogens (tertiary/aromatic N) is 3. The summed E-state index contributed by atoms with van der Waals surface area (Å²) in [6.45, 7) is 35.7. The quantitative estimate of drug-likeness (QED) is 0.160. The molecule has 0 bridgehead atoms. The highest BCUT2D eigenvalue weighted by Gasteiger charge is 2.48. The van der Waals surface area contributed by atoms with Gasteiger partial charge in [-0.15, -0.1) is 0 Å². The van der Waals surface area contributed by atoms with Crippen LogP contribution < -0.4 is 25.5 Å². The van der Waals surface area contributed by atoms with Gasteiger partial charge in [-0.2, -0.15) is 0 Å². The normalized spacial score (nSPS) is 17.3. The maximum absolute atomic E-state index is 6.91. The van der Waals surface area contributed by atoms with Crippen LogP contribution in [-0.2, 0) is 32.5 Å². The molecule has 0 saturated carbocycles. The SMILES string of the molecule is Cc1cc2c(cc1N1c3ccc(N(c4ccc(C(C)(C)C)cc4)c4cccc(C(C)(C)C)c4)cc3B3c4c1cc1ccccc1c4-c1cc4oc5ccccc5c4cc1N3c1ccc3c(c1)C(C)(C)CCC3(C)C)C(C)(C)CCC2(C)C. The molecule has 2 aliphatic carbocycles. The van der Waals surface area contributed by atoms with E-state index in [2.05, 4.69) is 282 Å². The Bertz CT molecular complexity index is 4290. The second kappa shape index (κ2) is 17.8. The van der Waals surface area contributed by atoms with Crippen LogP contribution in [0.4, 0.5) is 45.5 Å². The maximum atomic E-state index is 6.91. The highest BCUT2D eigenvalue weighted by Crippen LogP contribution is 2.56. The van der Waals surface area contributed by atoms with E-state index in [0.29, 0.717) is 0 Å². The third-order valence-corrected chi connectivity index (χ3v) is 20.2. The van der Waals surface area contributed by atoms with Gasteiger partial charge in [0.05, 0.1) is 0 Å². The van der Waals surface area contributed by atoms with Gasteiger partial charge >= 0.3 is 6.85 Å². The maximum Gasteiger partial charge on any atom is 0.333 e. The molecule has 4 aliphatic rings. The fraction of sp³-hybridized carbons (Fsp3) is 0.325. The predicted octanol–water partition coefficient (Wildman–Crippen LogP) is 20.5. The molecule has 10 aromatic rings. The lowest BCUT2D eigenvalue weighted by molar-refractivity contribution is 0.332. The van der Waals surface area contributed by atoms with E-state index in [4.69, 9.17) is 4.42 Å². The second-order valence-electron chi connectivity index (χ2n) is 29.6. The number of para-hydroxylation sites is 1. The van der Waals surface area contributed by atoms with Gasteiger partial charge in [-0.25, -0.2) is 0 Å². The molecule has 82 heavy (non-hydrogen) atoms. The van der Waals surface area contributed by atoms with E-state index in [1.54, 1.807) is 0 Å². The third-order valence-electron chi connectivity index (χ3n) is 20.2. The Kier molecular flexibility index (Phi) is 11.4. The van der Waals surface area contributed by atoms with Gasteiger partial charge in [-0.05, 0) is 216 Å². The molecule has 0 fully saturated rings. The standard InChI is InChI=1S/C77H80BN3O/c1-47-39-60-62(77(14,15)38-37-75(60,10)11)46-65(47)80-64-34-32-53(79(51-29-27-49(28-30-51)72(2,3)4)52-23-20-22-50(41-52)73(5,6)7)43-63(64)78-71-67(80)40-48-21-16-17-24-55(48)70(71)58-45-69-57(56-25-18-19-26-68(56)82-69)44-66(58)81(78)54-31-33-59-61(42-54)76(12,13)36-35-74(59,8)9/h16-34,39-46H,35-38H2,1-15H3. The average molecular weight is 1070 g/mol. The summed E-state index contributed by atoms with van der Waals surface area (Å²) in [5.41, 5.74) is 26.2. The number of hydrogen-bond acceptors (Lipinski definition) is 4. The van der Waals surface area contributed by atoms with E-state index in [9.17, 15) is 0 Å². The Morgan fingerprint density at radius 2 is 1.06 bits per heavy atom. The Morgan fingerprint density at radius 3 is 1.76 bits per heavy atom. The summed E-state index contributed by atoms with van der Waals surface area (Å²) in [4.78, 5) is 7.95. The molecule has 0 atom stereocenters. The van der Waals surface area contributed by atoms with Crippen molar-refractivity contribution in [3.63, 3.8) is 0 Å². The zero-order valence-corrected chi connectivity index (χ0v) is 51.2. The van der Waals surface area contributed by atoms with Crippen LogP contribution in [0.25, 0.3) is 43.8 Å². The van der Waals surface area contributed by atoms with Gasteiger partial charge < -0.3 is 19.0 Å². The van der Waals surface area contributed by atoms with Gasteiger partial charge in [0.15, 0.2) is 0 Å². The molecule has 0 spiro atoms. The Morgan fingerprint density at radius 1 is 0.451 bits per heavy atom. The van der Waals surface area contributed by atoms with E-state index in [1.165, 1.54) is 107 Å². The lowest BCUT2D eigenvalue weighted by Crippen LogP contribution is -2.61. The molecule has 412 valence electrons. The minimum atomic E-state index is -0.235. The van der Waals surface area contributed by atoms with Crippen molar-refractivity contribution in [2.24, 2.45) is 0 Å². The van der Waals surface area contributed by atoms with Gasteiger partial charge in [-0.1, -0.05) is 176 Å². The fourth-order valence-electron chi connectivity index (χ4n) is 15.0. The second-order valence-corrected chi connectivity index (χ2v) is 29.6. The first-order valence-corrected chi connectivity index (χ1v) is 30.4. The van der Waals surface area contributed by atoms with E-state index < -0.39 is 0 Å². The summed E-state index contributed by atoms with van der Waals surface area (Å²) in [5, 5.41) is 4.74. The number of aryl methyl sites for hydroxylation is 1. The lowest BCUT2D eigenvalue weighted by atomic mass is 9.43. The summed E-state index contributed by atoms with van der Waals surface area (Å²) < 4.78 is 6.91. The van der Waals surface area contributed by atoms with Gasteiger partial charge in [0.2, 0.25) is 0 Å². The molecule has 2 aliphatic heterocycles. The van der Waals surface area contributed by atoms with Crippen LogP contribution in [-0.4, -0.2) is 6.85 Å². The van der Waals surface area contributed by atoms with Crippen molar-refractivity contribution < 1.29 is 4.42 Å². The van der Waals surface area contributed by atoms with Crippen LogP contribution in [0.2, 0.25) is 0 Å². The van der Waals surface area contributed by atoms with Crippen LogP contribution in [0.15, 0.2) is 168 Å². The van der Waals surface area contributed by atoms with E-state index in [0.717, 1.165) is 58.3 Å². The van der Waals surface area contributed by atoms with Crippen molar-refractivity contribution in [2.45, 2.75) is 162 Å². The number of rotatable bonds is 5. The Labute approximate surface area is 488 Å². The van der Waals surface area contributed by atoms with Crippen molar-refractivity contribution in [1.29, 1.82) is 0 Å². The van der Waals surface area contributed by atoms with Crippen molar-refractivity contribution in [3.8, 4) is 11.1 Å². The molecular weight excluding hydrogens is 994 g/mol. The van der Waals surface area contributed by atoms with Crippen LogP contribution in [0.5, 0.6) is 0 Å². The average Bonchev–Trinajstić information content (AvgIpc) is 2.34. The lowest BCUT2D eigenvalue weighted by Gasteiger charge is -2.48. The molecule has 5 heteroatoms. The van der Waals surface area contributed by atoms with Crippen LogP contribution >= 0.6 is 0 Å². The monoisotopic (exact) mass is 1070 g/mol. The first-order valence-electron chi connectivity index (χ1n) is 30.4. The molecule has 1 aromatic heterocycles. The smallest absolute Gasteiger partial charge is 0.333 e. The zero-order valence-electron chi connectivity index (χ0n) is 51.2. The van der Waals surface area contributed by atoms with Gasteiger partial charge in [0, 0.05) is 61.8 Å². The highest BCUT2D eigenvalue weighted by molar-refractivity contribution is 6.94. The van der Waals surface area contributed by atoms with Crippen molar-refractivity contribution in [2.75, 3.05) is 14.6 Å². The minimum absolute atomic E-state index is 0.00510. The third kappa shape index (κ3) is 8.06. The zero-order chi connectivity index (χ0) is 57.4. The Hall–Kier alpha value is -7.50. The predicted molar refractivity (Wildman–Crippen MR) is 352 cm³/mol.